The molecule has 2 unspecified atom stereocenters. The van der Waals surface area contributed by atoms with Crippen molar-refractivity contribution in [3.63, 3.8) is 0 Å². The van der Waals surface area contributed by atoms with E-state index < -0.39 is 17.5 Å². The Morgan fingerprint density at radius 1 is 1.16 bits per heavy atom. The lowest BCUT2D eigenvalue weighted by Crippen LogP contribution is -2.34. The van der Waals surface area contributed by atoms with Crippen LogP contribution in [0.2, 0.25) is 5.02 Å². The highest BCUT2D eigenvalue weighted by Crippen LogP contribution is 2.41. The van der Waals surface area contributed by atoms with Gasteiger partial charge in [0.15, 0.2) is 0 Å². The van der Waals surface area contributed by atoms with Gasteiger partial charge in [0.2, 0.25) is 0 Å². The Bertz CT molecular complexity index is 595. The Kier molecular flexibility index (Phi) is 3.05. The fraction of sp³-hybridized carbons (Fsp3) is 0.200. The van der Waals surface area contributed by atoms with Gasteiger partial charge < -0.3 is 9.84 Å². The summed E-state index contributed by atoms with van der Waals surface area (Å²) in [5, 5.41) is 11.5. The quantitative estimate of drug-likeness (QED) is 0.875. The van der Waals surface area contributed by atoms with Crippen LogP contribution in [0.3, 0.4) is 0 Å². The van der Waals surface area contributed by atoms with Crippen LogP contribution in [-0.4, -0.2) is 17.8 Å². The minimum atomic E-state index is -1.48. The van der Waals surface area contributed by atoms with Gasteiger partial charge in [-0.1, -0.05) is 41.9 Å². The highest BCUT2D eigenvalue weighted by Gasteiger charge is 2.49. The second-order valence-electron chi connectivity index (χ2n) is 4.58. The molecule has 1 saturated heterocycles. The predicted molar refractivity (Wildman–Crippen MR) is 70.6 cm³/mol. The molecule has 4 heteroatoms. The van der Waals surface area contributed by atoms with Crippen LogP contribution >= 0.6 is 11.6 Å². The third-order valence-corrected chi connectivity index (χ3v) is 3.62. The molecule has 3 rings (SSSR count). The van der Waals surface area contributed by atoms with E-state index in [0.717, 1.165) is 0 Å². The summed E-state index contributed by atoms with van der Waals surface area (Å²) >= 11 is 5.85. The lowest BCUT2D eigenvalue weighted by molar-refractivity contribution is 0.0443. The third kappa shape index (κ3) is 2.14. The first-order valence-corrected chi connectivity index (χ1v) is 6.35. The highest BCUT2D eigenvalue weighted by atomic mass is 35.5. The predicted octanol–water partition coefficient (Wildman–Crippen LogP) is 3.11. The van der Waals surface area contributed by atoms with Crippen LogP contribution in [0.25, 0.3) is 0 Å². The smallest absolute Gasteiger partial charge is 0.146 e. The Labute approximate surface area is 115 Å². The number of epoxide rings is 1. The summed E-state index contributed by atoms with van der Waals surface area (Å²) in [6.07, 6.45) is -0.425. The number of hydrogen-bond acceptors (Lipinski definition) is 2. The standard InChI is InChI=1S/C15H12ClFO2/c16-11-7-5-10(6-8-11)15(18,14-9-19-14)12-3-1-2-4-13(12)17/h1-8,14,18H,9H2. The van der Waals surface area contributed by atoms with Crippen LogP contribution in [0.4, 0.5) is 4.39 Å². The van der Waals surface area contributed by atoms with Crippen LogP contribution in [0.15, 0.2) is 48.5 Å². The molecule has 1 N–H and O–H groups in total. The van der Waals surface area contributed by atoms with Crippen LogP contribution in [0.5, 0.6) is 0 Å². The SMILES string of the molecule is OC(c1ccc(Cl)cc1)(c1ccccc1F)C1CO1. The minimum Gasteiger partial charge on any atom is -0.377 e. The van der Waals surface area contributed by atoms with E-state index in [0.29, 0.717) is 17.2 Å². The van der Waals surface area contributed by atoms with E-state index in [1.807, 2.05) is 0 Å². The molecule has 0 aliphatic carbocycles. The van der Waals surface area contributed by atoms with Gasteiger partial charge in [-0.15, -0.1) is 0 Å². The van der Waals surface area contributed by atoms with E-state index in [1.165, 1.54) is 6.07 Å². The molecule has 0 radical (unpaired) electrons. The lowest BCUT2D eigenvalue weighted by Gasteiger charge is -2.28. The zero-order valence-electron chi connectivity index (χ0n) is 10.0. The summed E-state index contributed by atoms with van der Waals surface area (Å²) < 4.78 is 19.2. The first-order valence-electron chi connectivity index (χ1n) is 5.97. The molecule has 1 heterocycles. The summed E-state index contributed by atoms with van der Waals surface area (Å²) in [5.41, 5.74) is -0.681. The van der Waals surface area contributed by atoms with Crippen molar-refractivity contribution in [3.05, 3.63) is 70.5 Å². The van der Waals surface area contributed by atoms with Gasteiger partial charge in [0.25, 0.3) is 0 Å². The molecule has 0 saturated carbocycles. The molecule has 1 fully saturated rings. The maximum atomic E-state index is 14.0. The van der Waals surface area contributed by atoms with E-state index in [4.69, 9.17) is 16.3 Å². The molecule has 0 bridgehead atoms. The summed E-state index contributed by atoms with van der Waals surface area (Å²) in [7, 11) is 0. The molecule has 2 nitrogen and oxygen atoms in total. The Hall–Kier alpha value is -1.42. The van der Waals surface area contributed by atoms with Gasteiger partial charge >= 0.3 is 0 Å². The molecule has 1 aliphatic heterocycles. The van der Waals surface area contributed by atoms with Gasteiger partial charge in [-0.2, -0.15) is 0 Å². The first-order chi connectivity index (χ1) is 9.12. The second kappa shape index (κ2) is 4.60. The molecule has 19 heavy (non-hydrogen) atoms. The number of ether oxygens (including phenoxy) is 1. The molecule has 0 aromatic heterocycles. The average molecular weight is 279 g/mol. The number of halogens is 2. The number of benzene rings is 2. The maximum Gasteiger partial charge on any atom is 0.146 e. The van der Waals surface area contributed by atoms with Crippen LogP contribution in [0, 0.1) is 5.82 Å². The van der Waals surface area contributed by atoms with Crippen LogP contribution < -0.4 is 0 Å². The van der Waals surface area contributed by atoms with Gasteiger partial charge in [0, 0.05) is 10.6 Å². The van der Waals surface area contributed by atoms with Crippen molar-refractivity contribution in [3.8, 4) is 0 Å². The van der Waals surface area contributed by atoms with Crippen molar-refractivity contribution in [1.82, 2.24) is 0 Å². The van der Waals surface area contributed by atoms with Crippen molar-refractivity contribution >= 4 is 11.6 Å². The Morgan fingerprint density at radius 2 is 1.79 bits per heavy atom. The van der Waals surface area contributed by atoms with Crippen molar-refractivity contribution in [2.24, 2.45) is 0 Å². The van der Waals surface area contributed by atoms with Crippen molar-refractivity contribution in [1.29, 1.82) is 0 Å². The summed E-state index contributed by atoms with van der Waals surface area (Å²) in [6.45, 7) is 0.410. The van der Waals surface area contributed by atoms with Gasteiger partial charge in [0.1, 0.15) is 17.5 Å². The molecular weight excluding hydrogens is 267 g/mol. The number of aliphatic hydroxyl groups is 1. The zero-order valence-corrected chi connectivity index (χ0v) is 10.8. The van der Waals surface area contributed by atoms with Crippen molar-refractivity contribution in [2.45, 2.75) is 11.7 Å². The second-order valence-corrected chi connectivity index (χ2v) is 5.01. The van der Waals surface area contributed by atoms with Crippen LogP contribution in [0.1, 0.15) is 11.1 Å². The monoisotopic (exact) mass is 278 g/mol. The molecule has 98 valence electrons. The third-order valence-electron chi connectivity index (χ3n) is 3.37. The van der Waals surface area contributed by atoms with Gasteiger partial charge in [0.05, 0.1) is 6.61 Å². The first kappa shape index (κ1) is 12.6. The Morgan fingerprint density at radius 3 is 2.37 bits per heavy atom. The van der Waals surface area contributed by atoms with Gasteiger partial charge in [-0.3, -0.25) is 0 Å². The van der Waals surface area contributed by atoms with E-state index in [9.17, 15) is 9.50 Å². The topological polar surface area (TPSA) is 32.8 Å². The van der Waals surface area contributed by atoms with E-state index in [2.05, 4.69) is 0 Å². The molecule has 0 spiro atoms. The normalized spacial score (nSPS) is 20.9. The highest BCUT2D eigenvalue weighted by molar-refractivity contribution is 6.30. The number of rotatable bonds is 3. The van der Waals surface area contributed by atoms with Gasteiger partial charge in [-0.25, -0.2) is 4.39 Å². The Balaban J connectivity index is 2.14. The average Bonchev–Trinajstić information content (AvgIpc) is 3.24. The molecule has 1 aliphatic rings. The molecular formula is C15H12ClFO2. The zero-order chi connectivity index (χ0) is 13.5. The van der Waals surface area contributed by atoms with E-state index in [1.54, 1.807) is 42.5 Å². The summed E-state index contributed by atoms with van der Waals surface area (Å²) in [5.74, 6) is -0.449. The molecule has 2 atom stereocenters. The minimum absolute atomic E-state index is 0.222. The number of hydrogen-bond donors (Lipinski definition) is 1. The maximum absolute atomic E-state index is 14.0. The van der Waals surface area contributed by atoms with Gasteiger partial charge in [-0.05, 0) is 23.8 Å². The molecule has 2 aromatic rings. The summed E-state index contributed by atoms with van der Waals surface area (Å²) in [6, 6.07) is 12.9. The summed E-state index contributed by atoms with van der Waals surface area (Å²) in [4.78, 5) is 0. The van der Waals surface area contributed by atoms with Crippen LogP contribution in [-0.2, 0) is 10.3 Å². The van der Waals surface area contributed by atoms with E-state index >= 15 is 0 Å². The molecule has 2 aromatic carbocycles. The fourth-order valence-electron chi connectivity index (χ4n) is 2.28. The molecule has 0 amide bonds. The lowest BCUT2D eigenvalue weighted by atomic mass is 9.83. The largest absolute Gasteiger partial charge is 0.377 e. The van der Waals surface area contributed by atoms with E-state index in [-0.39, 0.29) is 5.56 Å². The van der Waals surface area contributed by atoms with Crippen molar-refractivity contribution < 1.29 is 14.2 Å². The van der Waals surface area contributed by atoms with Crippen molar-refractivity contribution in [2.75, 3.05) is 6.61 Å². The fourth-order valence-corrected chi connectivity index (χ4v) is 2.40.